The van der Waals surface area contributed by atoms with E-state index in [1.165, 1.54) is 12.1 Å². The van der Waals surface area contributed by atoms with Gasteiger partial charge < -0.3 is 21.0 Å². The zero-order chi connectivity index (χ0) is 14.5. The highest BCUT2D eigenvalue weighted by Gasteiger charge is 2.15. The van der Waals surface area contributed by atoms with Gasteiger partial charge in [0.1, 0.15) is 5.82 Å². The Morgan fingerprint density at radius 3 is 2.74 bits per heavy atom. The summed E-state index contributed by atoms with van der Waals surface area (Å²) in [6.45, 7) is 5.00. The second kappa shape index (κ2) is 6.49. The van der Waals surface area contributed by atoms with Crippen LogP contribution in [0.25, 0.3) is 0 Å². The average molecular weight is 269 g/mol. The van der Waals surface area contributed by atoms with E-state index in [0.29, 0.717) is 24.2 Å². The van der Waals surface area contributed by atoms with E-state index in [1.54, 1.807) is 13.2 Å². The number of halogens is 1. The Morgan fingerprint density at radius 1 is 1.47 bits per heavy atom. The topological polar surface area (TPSA) is 79.9 Å². The van der Waals surface area contributed by atoms with Gasteiger partial charge in [-0.1, -0.05) is 5.16 Å². The van der Waals surface area contributed by atoms with E-state index >= 15 is 0 Å². The van der Waals surface area contributed by atoms with Gasteiger partial charge in [0.2, 0.25) is 0 Å². The number of rotatable bonds is 6. The molecule has 19 heavy (non-hydrogen) atoms. The lowest BCUT2D eigenvalue weighted by atomic mass is 10.1. The number of hydrogen-bond acceptors (Lipinski definition) is 4. The van der Waals surface area contributed by atoms with Crippen LogP contribution in [0.3, 0.4) is 0 Å². The molecule has 0 saturated carbocycles. The second-order valence-electron chi connectivity index (χ2n) is 4.90. The van der Waals surface area contributed by atoms with Crippen LogP contribution in [-0.4, -0.2) is 30.3 Å². The number of ether oxygens (including phenoxy) is 1. The molecule has 1 rings (SSSR count). The molecule has 0 bridgehead atoms. The Bertz CT molecular complexity index is 461. The van der Waals surface area contributed by atoms with E-state index in [2.05, 4.69) is 10.5 Å². The molecule has 1 aromatic carbocycles. The summed E-state index contributed by atoms with van der Waals surface area (Å²) in [6, 6.07) is 4.30. The SMILES string of the molecule is COC(C)(C)CNCc1cc(F)cc(/C(N)=N/O)c1. The van der Waals surface area contributed by atoms with Crippen molar-refractivity contribution < 1.29 is 14.3 Å². The van der Waals surface area contributed by atoms with E-state index in [0.717, 1.165) is 0 Å². The molecule has 0 aliphatic heterocycles. The van der Waals surface area contributed by atoms with Crippen LogP contribution in [0.4, 0.5) is 4.39 Å². The van der Waals surface area contributed by atoms with Crippen molar-refractivity contribution in [3.05, 3.63) is 35.1 Å². The van der Waals surface area contributed by atoms with Gasteiger partial charge in [-0.25, -0.2) is 4.39 Å². The third-order valence-electron chi connectivity index (χ3n) is 2.79. The molecular weight excluding hydrogens is 249 g/mol. The molecule has 0 heterocycles. The summed E-state index contributed by atoms with van der Waals surface area (Å²) in [5.41, 5.74) is 6.22. The molecule has 0 unspecified atom stereocenters. The molecule has 0 aliphatic carbocycles. The van der Waals surface area contributed by atoms with Crippen molar-refractivity contribution in [2.24, 2.45) is 10.9 Å². The van der Waals surface area contributed by atoms with Gasteiger partial charge in [0.05, 0.1) is 5.60 Å². The highest BCUT2D eigenvalue weighted by Crippen LogP contribution is 2.10. The maximum Gasteiger partial charge on any atom is 0.170 e. The van der Waals surface area contributed by atoms with Crippen LogP contribution in [0.15, 0.2) is 23.4 Å². The lowest BCUT2D eigenvalue weighted by molar-refractivity contribution is 0.0230. The van der Waals surface area contributed by atoms with Gasteiger partial charge in [-0.3, -0.25) is 0 Å². The van der Waals surface area contributed by atoms with Crippen molar-refractivity contribution >= 4 is 5.84 Å². The molecule has 5 nitrogen and oxygen atoms in total. The molecule has 0 aromatic heterocycles. The first-order valence-corrected chi connectivity index (χ1v) is 5.91. The lowest BCUT2D eigenvalue weighted by Crippen LogP contribution is -2.36. The molecular formula is C13H20FN3O2. The highest BCUT2D eigenvalue weighted by molar-refractivity contribution is 5.97. The molecule has 4 N–H and O–H groups in total. The van der Waals surface area contributed by atoms with Crippen molar-refractivity contribution in [1.82, 2.24) is 5.32 Å². The summed E-state index contributed by atoms with van der Waals surface area (Å²) in [4.78, 5) is 0. The van der Waals surface area contributed by atoms with Gasteiger partial charge in [-0.2, -0.15) is 0 Å². The molecule has 0 amide bonds. The van der Waals surface area contributed by atoms with E-state index in [9.17, 15) is 4.39 Å². The molecule has 0 radical (unpaired) electrons. The van der Waals surface area contributed by atoms with E-state index in [4.69, 9.17) is 15.7 Å². The zero-order valence-corrected chi connectivity index (χ0v) is 11.4. The number of methoxy groups -OCH3 is 1. The molecule has 1 aromatic rings. The first kappa shape index (κ1) is 15.4. The van der Waals surface area contributed by atoms with Crippen LogP contribution in [0.2, 0.25) is 0 Å². The Morgan fingerprint density at radius 2 is 2.16 bits per heavy atom. The fourth-order valence-corrected chi connectivity index (χ4v) is 1.54. The molecule has 106 valence electrons. The number of hydrogen-bond donors (Lipinski definition) is 3. The van der Waals surface area contributed by atoms with Crippen molar-refractivity contribution in [1.29, 1.82) is 0 Å². The smallest absolute Gasteiger partial charge is 0.170 e. The van der Waals surface area contributed by atoms with Crippen LogP contribution in [0, 0.1) is 5.82 Å². The predicted octanol–water partition coefficient (Wildman–Crippen LogP) is 1.43. The normalized spacial score (nSPS) is 12.7. The molecule has 6 heteroatoms. The molecule has 0 saturated heterocycles. The minimum atomic E-state index is -0.424. The van der Waals surface area contributed by atoms with E-state index in [-0.39, 0.29) is 11.4 Å². The summed E-state index contributed by atoms with van der Waals surface area (Å²) < 4.78 is 18.7. The standard InChI is InChI=1S/C13H20FN3O2/c1-13(2,19-3)8-16-7-9-4-10(12(15)17-18)6-11(14)5-9/h4-6,16,18H,7-8H2,1-3H3,(H2,15,17). The van der Waals surface area contributed by atoms with Gasteiger partial charge in [0.15, 0.2) is 5.84 Å². The molecule has 0 aliphatic rings. The maximum absolute atomic E-state index is 13.4. The molecule has 0 spiro atoms. The fourth-order valence-electron chi connectivity index (χ4n) is 1.54. The second-order valence-corrected chi connectivity index (χ2v) is 4.90. The minimum absolute atomic E-state index is 0.113. The number of benzene rings is 1. The minimum Gasteiger partial charge on any atom is -0.409 e. The molecule has 0 atom stereocenters. The van der Waals surface area contributed by atoms with Gasteiger partial charge >= 0.3 is 0 Å². The van der Waals surface area contributed by atoms with Gasteiger partial charge in [0.25, 0.3) is 0 Å². The molecule has 0 fully saturated rings. The third-order valence-corrected chi connectivity index (χ3v) is 2.79. The van der Waals surface area contributed by atoms with Crippen molar-refractivity contribution in [3.63, 3.8) is 0 Å². The van der Waals surface area contributed by atoms with Crippen LogP contribution >= 0.6 is 0 Å². The Labute approximate surface area is 112 Å². The van der Waals surface area contributed by atoms with Crippen molar-refractivity contribution in [2.45, 2.75) is 26.0 Å². The monoisotopic (exact) mass is 269 g/mol. The lowest BCUT2D eigenvalue weighted by Gasteiger charge is -2.23. The number of oxime groups is 1. The van der Waals surface area contributed by atoms with E-state index in [1.807, 2.05) is 13.8 Å². The van der Waals surface area contributed by atoms with Crippen LogP contribution < -0.4 is 11.1 Å². The largest absolute Gasteiger partial charge is 0.409 e. The summed E-state index contributed by atoms with van der Waals surface area (Å²) in [7, 11) is 1.64. The van der Waals surface area contributed by atoms with Crippen LogP contribution in [0.1, 0.15) is 25.0 Å². The summed E-state index contributed by atoms with van der Waals surface area (Å²) >= 11 is 0. The van der Waals surface area contributed by atoms with Crippen molar-refractivity contribution in [3.8, 4) is 0 Å². The number of amidine groups is 1. The van der Waals surface area contributed by atoms with Gasteiger partial charge in [0, 0.05) is 25.8 Å². The Balaban J connectivity index is 2.72. The first-order valence-electron chi connectivity index (χ1n) is 5.91. The summed E-state index contributed by atoms with van der Waals surface area (Å²) in [5.74, 6) is -0.537. The van der Waals surface area contributed by atoms with E-state index < -0.39 is 5.82 Å². The van der Waals surface area contributed by atoms with Crippen molar-refractivity contribution in [2.75, 3.05) is 13.7 Å². The quantitative estimate of drug-likeness (QED) is 0.316. The predicted molar refractivity (Wildman–Crippen MR) is 71.7 cm³/mol. The average Bonchev–Trinajstić information content (AvgIpc) is 2.37. The Hall–Kier alpha value is -1.66. The third kappa shape index (κ3) is 4.84. The fraction of sp³-hybridized carbons (Fsp3) is 0.462. The highest BCUT2D eigenvalue weighted by atomic mass is 19.1. The zero-order valence-electron chi connectivity index (χ0n) is 11.4. The Kier molecular flexibility index (Phi) is 5.26. The number of nitrogens with two attached hydrogens (primary N) is 1. The summed E-state index contributed by atoms with van der Waals surface area (Å²) in [6.07, 6.45) is 0. The van der Waals surface area contributed by atoms with Crippen LogP contribution in [0.5, 0.6) is 0 Å². The van der Waals surface area contributed by atoms with Crippen LogP contribution in [-0.2, 0) is 11.3 Å². The summed E-state index contributed by atoms with van der Waals surface area (Å²) in [5, 5.41) is 14.6. The number of nitrogens with one attached hydrogen (secondary N) is 1. The first-order chi connectivity index (χ1) is 8.88. The van der Waals surface area contributed by atoms with Gasteiger partial charge in [-0.05, 0) is 37.6 Å². The van der Waals surface area contributed by atoms with Gasteiger partial charge in [-0.15, -0.1) is 0 Å². The number of nitrogens with zero attached hydrogens (tertiary/aromatic N) is 1. The maximum atomic E-state index is 13.4.